The second-order valence-corrected chi connectivity index (χ2v) is 6.67. The zero-order chi connectivity index (χ0) is 14.7. The Bertz CT molecular complexity index is 174. The molecule has 0 heteroatoms. The highest BCUT2D eigenvalue weighted by atomic mass is 14.2. The highest BCUT2D eigenvalue weighted by Crippen LogP contribution is 2.31. The number of rotatable bonds is 1. The van der Waals surface area contributed by atoms with Crippen molar-refractivity contribution in [3.8, 4) is 0 Å². The Kier molecular flexibility index (Phi) is 11.8. The van der Waals surface area contributed by atoms with Crippen LogP contribution in [0.4, 0.5) is 0 Å². The first-order chi connectivity index (χ1) is 9.15. The minimum atomic E-state index is 1.00. The molecule has 0 bridgehead atoms. The maximum absolute atomic E-state index is 2.41. The zero-order valence-corrected chi connectivity index (χ0v) is 14.7. The highest BCUT2D eigenvalue weighted by molar-refractivity contribution is 4.70. The molecule has 0 aliphatic heterocycles. The van der Waals surface area contributed by atoms with Crippen LogP contribution in [0.1, 0.15) is 99.3 Å². The molecule has 4 unspecified atom stereocenters. The molecule has 0 aromatic rings. The van der Waals surface area contributed by atoms with E-state index in [0.29, 0.717) is 0 Å². The van der Waals surface area contributed by atoms with Gasteiger partial charge in [0.2, 0.25) is 0 Å². The second kappa shape index (κ2) is 11.8. The van der Waals surface area contributed by atoms with Gasteiger partial charge in [-0.05, 0) is 23.7 Å². The van der Waals surface area contributed by atoms with E-state index in [2.05, 4.69) is 27.7 Å². The monoisotopic (exact) mass is 268 g/mol. The summed E-state index contributed by atoms with van der Waals surface area (Å²) in [6.45, 7) is 13.5. The van der Waals surface area contributed by atoms with E-state index in [0.717, 1.165) is 23.7 Å². The van der Waals surface area contributed by atoms with Crippen LogP contribution in [-0.4, -0.2) is 0 Å². The normalized spacial score (nSPS) is 34.4. The summed E-state index contributed by atoms with van der Waals surface area (Å²) in [4.78, 5) is 0. The SMILES string of the molecule is CC.CC1CCCCC1C.CCC1CCCCC1C. The predicted molar refractivity (Wildman–Crippen MR) is 89.6 cm³/mol. The van der Waals surface area contributed by atoms with Crippen LogP contribution in [0.15, 0.2) is 0 Å². The van der Waals surface area contributed by atoms with E-state index in [-0.39, 0.29) is 0 Å². The maximum atomic E-state index is 2.41. The topological polar surface area (TPSA) is 0 Å². The first kappa shape index (κ1) is 19.0. The molecular formula is C19H40. The van der Waals surface area contributed by atoms with Gasteiger partial charge in [-0.15, -0.1) is 0 Å². The summed E-state index contributed by atoms with van der Waals surface area (Å²) in [5, 5.41) is 0. The third-order valence-corrected chi connectivity index (χ3v) is 5.35. The molecule has 4 atom stereocenters. The van der Waals surface area contributed by atoms with Gasteiger partial charge in [-0.2, -0.15) is 0 Å². The van der Waals surface area contributed by atoms with Gasteiger partial charge < -0.3 is 0 Å². The van der Waals surface area contributed by atoms with Crippen molar-refractivity contribution in [1.29, 1.82) is 0 Å². The lowest BCUT2D eigenvalue weighted by atomic mass is 9.79. The summed E-state index contributed by atoms with van der Waals surface area (Å²) >= 11 is 0. The smallest absolute Gasteiger partial charge is 0.0391 e. The van der Waals surface area contributed by atoms with E-state index in [9.17, 15) is 0 Å². The van der Waals surface area contributed by atoms with Gasteiger partial charge in [0.25, 0.3) is 0 Å². The Morgan fingerprint density at radius 1 is 0.632 bits per heavy atom. The van der Waals surface area contributed by atoms with Gasteiger partial charge in [0.1, 0.15) is 0 Å². The van der Waals surface area contributed by atoms with E-state index < -0.39 is 0 Å². The Morgan fingerprint density at radius 2 is 1.00 bits per heavy atom. The first-order valence-electron chi connectivity index (χ1n) is 9.15. The summed E-state index contributed by atoms with van der Waals surface area (Å²) in [6.07, 6.45) is 13.3. The van der Waals surface area contributed by atoms with Crippen molar-refractivity contribution in [3.05, 3.63) is 0 Å². The van der Waals surface area contributed by atoms with Crippen LogP contribution in [0.25, 0.3) is 0 Å². The quantitative estimate of drug-likeness (QED) is 0.476. The van der Waals surface area contributed by atoms with Crippen molar-refractivity contribution >= 4 is 0 Å². The third kappa shape index (κ3) is 8.00. The van der Waals surface area contributed by atoms with Crippen LogP contribution in [0.3, 0.4) is 0 Å². The summed E-state index contributed by atoms with van der Waals surface area (Å²) < 4.78 is 0. The highest BCUT2D eigenvalue weighted by Gasteiger charge is 2.18. The van der Waals surface area contributed by atoms with Crippen LogP contribution in [-0.2, 0) is 0 Å². The van der Waals surface area contributed by atoms with Gasteiger partial charge in [0, 0.05) is 0 Å². The summed E-state index contributed by atoms with van der Waals surface area (Å²) in [6, 6.07) is 0. The first-order valence-corrected chi connectivity index (χ1v) is 9.15. The molecule has 0 radical (unpaired) electrons. The van der Waals surface area contributed by atoms with Gasteiger partial charge in [0.05, 0.1) is 0 Å². The second-order valence-electron chi connectivity index (χ2n) is 6.67. The zero-order valence-electron chi connectivity index (χ0n) is 14.7. The molecule has 0 amide bonds. The molecule has 116 valence electrons. The lowest BCUT2D eigenvalue weighted by Crippen LogP contribution is -2.15. The molecule has 19 heavy (non-hydrogen) atoms. The molecule has 2 saturated carbocycles. The van der Waals surface area contributed by atoms with E-state index in [1.54, 1.807) is 0 Å². The molecule has 0 heterocycles. The Balaban J connectivity index is 0.000000303. The standard InChI is InChI=1S/C9H18.C8H16.C2H6/c1-3-9-7-5-4-6-8(9)2;1-7-5-3-4-6-8(7)2;1-2/h8-9H,3-7H2,1-2H3;7-8H,3-6H2,1-2H3;1-2H3. The molecule has 0 N–H and O–H groups in total. The summed E-state index contributed by atoms with van der Waals surface area (Å²) in [7, 11) is 0. The average molecular weight is 269 g/mol. The molecule has 0 spiro atoms. The number of hydrogen-bond donors (Lipinski definition) is 0. The van der Waals surface area contributed by atoms with E-state index in [1.165, 1.54) is 57.8 Å². The Hall–Kier alpha value is 0. The van der Waals surface area contributed by atoms with E-state index in [4.69, 9.17) is 0 Å². The lowest BCUT2D eigenvalue weighted by Gasteiger charge is -2.27. The molecule has 0 nitrogen and oxygen atoms in total. The Labute approximate surface area is 123 Å². The molecule has 2 rings (SSSR count). The van der Waals surface area contributed by atoms with Crippen molar-refractivity contribution in [3.63, 3.8) is 0 Å². The number of hydrogen-bond acceptors (Lipinski definition) is 0. The molecule has 2 fully saturated rings. The summed E-state index contributed by atoms with van der Waals surface area (Å²) in [5.74, 6) is 4.08. The van der Waals surface area contributed by atoms with Crippen molar-refractivity contribution in [2.45, 2.75) is 99.3 Å². The largest absolute Gasteiger partial charge is 0.0683 e. The van der Waals surface area contributed by atoms with Gasteiger partial charge in [-0.25, -0.2) is 0 Å². The van der Waals surface area contributed by atoms with Crippen LogP contribution >= 0.6 is 0 Å². The van der Waals surface area contributed by atoms with Gasteiger partial charge >= 0.3 is 0 Å². The van der Waals surface area contributed by atoms with Crippen LogP contribution in [0.2, 0.25) is 0 Å². The van der Waals surface area contributed by atoms with Crippen molar-refractivity contribution < 1.29 is 0 Å². The fourth-order valence-corrected chi connectivity index (χ4v) is 3.50. The van der Waals surface area contributed by atoms with Gasteiger partial charge in [0.15, 0.2) is 0 Å². The lowest BCUT2D eigenvalue weighted by molar-refractivity contribution is 0.249. The van der Waals surface area contributed by atoms with Crippen molar-refractivity contribution in [1.82, 2.24) is 0 Å². The van der Waals surface area contributed by atoms with Gasteiger partial charge in [-0.3, -0.25) is 0 Å². The molecule has 2 aliphatic rings. The van der Waals surface area contributed by atoms with Crippen molar-refractivity contribution in [2.75, 3.05) is 0 Å². The van der Waals surface area contributed by atoms with E-state index in [1.807, 2.05) is 13.8 Å². The van der Waals surface area contributed by atoms with Crippen LogP contribution in [0.5, 0.6) is 0 Å². The average Bonchev–Trinajstić information content (AvgIpc) is 2.46. The summed E-state index contributed by atoms with van der Waals surface area (Å²) in [5.41, 5.74) is 0. The minimum Gasteiger partial charge on any atom is -0.0683 e. The molecule has 0 aromatic heterocycles. The molecule has 2 aliphatic carbocycles. The van der Waals surface area contributed by atoms with Crippen LogP contribution in [0, 0.1) is 23.7 Å². The fourth-order valence-electron chi connectivity index (χ4n) is 3.50. The molecular weight excluding hydrogens is 228 g/mol. The molecule has 0 aromatic carbocycles. The van der Waals surface area contributed by atoms with E-state index >= 15 is 0 Å². The maximum Gasteiger partial charge on any atom is -0.0391 e. The minimum absolute atomic E-state index is 1.00. The van der Waals surface area contributed by atoms with Gasteiger partial charge in [-0.1, -0.05) is 99.3 Å². The van der Waals surface area contributed by atoms with Crippen LogP contribution < -0.4 is 0 Å². The predicted octanol–water partition coefficient (Wildman–Crippen LogP) is 7.08. The fraction of sp³-hybridized carbons (Fsp3) is 1.00. The van der Waals surface area contributed by atoms with Crippen molar-refractivity contribution in [2.24, 2.45) is 23.7 Å². The third-order valence-electron chi connectivity index (χ3n) is 5.35. The molecule has 0 saturated heterocycles. The Morgan fingerprint density at radius 3 is 1.26 bits per heavy atom.